The monoisotopic (exact) mass is 369 g/mol. The van der Waals surface area contributed by atoms with Crippen LogP contribution in [0.15, 0.2) is 42.5 Å². The van der Waals surface area contributed by atoms with Crippen molar-refractivity contribution < 1.29 is 29.0 Å². The Morgan fingerprint density at radius 2 is 2.04 bits per heavy atom. The second kappa shape index (κ2) is 7.90. The Bertz CT molecular complexity index is 892. The zero-order valence-electron chi connectivity index (χ0n) is 14.7. The molecule has 0 fully saturated rings. The van der Waals surface area contributed by atoms with Crippen molar-refractivity contribution in [3.05, 3.63) is 64.7 Å². The quantitative estimate of drug-likeness (QED) is 0.756. The average molecular weight is 369 g/mol. The first kappa shape index (κ1) is 18.4. The van der Waals surface area contributed by atoms with Gasteiger partial charge in [-0.15, -0.1) is 0 Å². The smallest absolute Gasteiger partial charge is 0.339 e. The minimum atomic E-state index is -1.12. The van der Waals surface area contributed by atoms with Crippen molar-refractivity contribution in [3.63, 3.8) is 0 Å². The van der Waals surface area contributed by atoms with Crippen LogP contribution in [0.4, 0.5) is 0 Å². The van der Waals surface area contributed by atoms with Crippen molar-refractivity contribution >= 4 is 17.8 Å². The maximum atomic E-state index is 12.2. The Hall–Kier alpha value is -3.35. The van der Waals surface area contributed by atoms with Crippen molar-refractivity contribution in [2.45, 2.75) is 19.4 Å². The normalized spacial score (nSPS) is 15.4. The molecule has 2 aromatic rings. The van der Waals surface area contributed by atoms with Gasteiger partial charge in [-0.1, -0.05) is 24.3 Å². The van der Waals surface area contributed by atoms with E-state index < -0.39 is 18.4 Å². The van der Waals surface area contributed by atoms with Gasteiger partial charge in [0.15, 0.2) is 6.61 Å². The molecule has 1 heterocycles. The molecule has 0 aromatic heterocycles. The van der Waals surface area contributed by atoms with Gasteiger partial charge in [-0.05, 0) is 41.8 Å². The summed E-state index contributed by atoms with van der Waals surface area (Å²) in [7, 11) is 0. The standard InChI is InChI=1S/C20H19NO6/c1-12-8-14(6-7-16(12)26-11-18(22)21-10-19(23)24)17-9-13-4-2-3-5-15(13)20(25)27-17/h2-8,17H,9-11H2,1H3,(H,21,22)(H,23,24). The molecule has 1 atom stereocenters. The molecule has 2 N–H and O–H groups in total. The van der Waals surface area contributed by atoms with E-state index in [0.29, 0.717) is 17.7 Å². The number of cyclic esters (lactones) is 1. The van der Waals surface area contributed by atoms with E-state index >= 15 is 0 Å². The summed E-state index contributed by atoms with van der Waals surface area (Å²) in [4.78, 5) is 34.1. The van der Waals surface area contributed by atoms with Gasteiger partial charge in [0.2, 0.25) is 0 Å². The zero-order valence-corrected chi connectivity index (χ0v) is 14.7. The van der Waals surface area contributed by atoms with Gasteiger partial charge in [-0.3, -0.25) is 9.59 Å². The molecule has 27 heavy (non-hydrogen) atoms. The van der Waals surface area contributed by atoms with Gasteiger partial charge in [0.05, 0.1) is 5.56 Å². The van der Waals surface area contributed by atoms with Crippen LogP contribution in [0.1, 0.15) is 33.2 Å². The molecule has 0 aliphatic carbocycles. The van der Waals surface area contributed by atoms with Gasteiger partial charge < -0.3 is 19.9 Å². The van der Waals surface area contributed by atoms with E-state index in [1.165, 1.54) is 0 Å². The molecular formula is C20H19NO6. The summed E-state index contributed by atoms with van der Waals surface area (Å²) in [5, 5.41) is 10.8. The van der Waals surface area contributed by atoms with E-state index in [-0.39, 0.29) is 18.7 Å². The molecule has 0 saturated heterocycles. The fourth-order valence-electron chi connectivity index (χ4n) is 2.92. The number of carbonyl (C=O) groups excluding carboxylic acids is 2. The maximum absolute atomic E-state index is 12.2. The number of esters is 1. The Labute approximate surface area is 155 Å². The largest absolute Gasteiger partial charge is 0.484 e. The molecule has 1 amide bonds. The lowest BCUT2D eigenvalue weighted by Crippen LogP contribution is -2.33. The molecule has 0 saturated carbocycles. The third-order valence-electron chi connectivity index (χ3n) is 4.26. The highest BCUT2D eigenvalue weighted by molar-refractivity contribution is 5.92. The summed E-state index contributed by atoms with van der Waals surface area (Å²) >= 11 is 0. The van der Waals surface area contributed by atoms with E-state index in [9.17, 15) is 14.4 Å². The first-order valence-corrected chi connectivity index (χ1v) is 8.45. The molecule has 140 valence electrons. The predicted octanol–water partition coefficient (Wildman–Crippen LogP) is 2.03. The van der Waals surface area contributed by atoms with Crippen LogP contribution < -0.4 is 10.1 Å². The summed E-state index contributed by atoms with van der Waals surface area (Å²) in [6, 6.07) is 12.7. The van der Waals surface area contributed by atoms with Crippen molar-refractivity contribution in [1.29, 1.82) is 0 Å². The first-order chi connectivity index (χ1) is 12.9. The topological polar surface area (TPSA) is 102 Å². The highest BCUT2D eigenvalue weighted by atomic mass is 16.5. The molecule has 7 heteroatoms. The number of ether oxygens (including phenoxy) is 2. The molecular weight excluding hydrogens is 350 g/mol. The van der Waals surface area contributed by atoms with Crippen LogP contribution in [0.5, 0.6) is 5.75 Å². The SMILES string of the molecule is Cc1cc(C2Cc3ccccc3C(=O)O2)ccc1OCC(=O)NCC(=O)O. The number of carboxylic acids is 1. The summed E-state index contributed by atoms with van der Waals surface area (Å²) < 4.78 is 11.0. The number of carboxylic acid groups (broad SMARTS) is 1. The molecule has 7 nitrogen and oxygen atoms in total. The van der Waals surface area contributed by atoms with Crippen molar-refractivity contribution in [2.75, 3.05) is 13.2 Å². The first-order valence-electron chi connectivity index (χ1n) is 8.45. The van der Waals surface area contributed by atoms with Crippen molar-refractivity contribution in [1.82, 2.24) is 5.32 Å². The van der Waals surface area contributed by atoms with E-state index in [2.05, 4.69) is 5.32 Å². The highest BCUT2D eigenvalue weighted by Gasteiger charge is 2.27. The number of hydrogen-bond donors (Lipinski definition) is 2. The second-order valence-corrected chi connectivity index (χ2v) is 6.24. The van der Waals surface area contributed by atoms with Crippen molar-refractivity contribution in [3.8, 4) is 5.75 Å². The number of hydrogen-bond acceptors (Lipinski definition) is 5. The molecule has 3 rings (SSSR count). The fourth-order valence-corrected chi connectivity index (χ4v) is 2.92. The van der Waals surface area contributed by atoms with Crippen LogP contribution in [0.25, 0.3) is 0 Å². The number of nitrogens with one attached hydrogen (secondary N) is 1. The minimum Gasteiger partial charge on any atom is -0.484 e. The lowest BCUT2D eigenvalue weighted by Gasteiger charge is -2.25. The lowest BCUT2D eigenvalue weighted by atomic mass is 9.94. The van der Waals surface area contributed by atoms with E-state index in [1.54, 1.807) is 18.2 Å². The van der Waals surface area contributed by atoms with E-state index in [4.69, 9.17) is 14.6 Å². The lowest BCUT2D eigenvalue weighted by molar-refractivity contribution is -0.138. The number of carbonyl (C=O) groups is 3. The van der Waals surface area contributed by atoms with Crippen LogP contribution in [0.2, 0.25) is 0 Å². The number of amides is 1. The number of fused-ring (bicyclic) bond motifs is 1. The van der Waals surface area contributed by atoms with Crippen LogP contribution in [-0.4, -0.2) is 36.1 Å². The summed E-state index contributed by atoms with van der Waals surface area (Å²) in [6.45, 7) is 1.10. The maximum Gasteiger partial charge on any atom is 0.339 e. The molecule has 0 bridgehead atoms. The fraction of sp³-hybridized carbons (Fsp3) is 0.250. The predicted molar refractivity (Wildman–Crippen MR) is 95.6 cm³/mol. The molecule has 0 spiro atoms. The third-order valence-corrected chi connectivity index (χ3v) is 4.26. The summed E-state index contributed by atoms with van der Waals surface area (Å²) in [5.74, 6) is -1.46. The van der Waals surface area contributed by atoms with Gasteiger partial charge in [0.25, 0.3) is 5.91 Å². The van der Waals surface area contributed by atoms with Gasteiger partial charge >= 0.3 is 11.9 Å². The van der Waals surface area contributed by atoms with Crippen LogP contribution in [0, 0.1) is 6.92 Å². The average Bonchev–Trinajstić information content (AvgIpc) is 2.65. The van der Waals surface area contributed by atoms with E-state index in [1.807, 2.05) is 31.2 Å². The summed E-state index contributed by atoms with van der Waals surface area (Å²) in [5.41, 5.74) is 3.18. The number of aliphatic carboxylic acids is 1. The highest BCUT2D eigenvalue weighted by Crippen LogP contribution is 2.32. The third kappa shape index (κ3) is 4.44. The molecule has 1 aliphatic heterocycles. The van der Waals surface area contributed by atoms with Crippen LogP contribution in [0.3, 0.4) is 0 Å². The second-order valence-electron chi connectivity index (χ2n) is 6.24. The van der Waals surface area contributed by atoms with Crippen molar-refractivity contribution in [2.24, 2.45) is 0 Å². The Morgan fingerprint density at radius 1 is 1.26 bits per heavy atom. The van der Waals surface area contributed by atoms with Crippen LogP contribution >= 0.6 is 0 Å². The Kier molecular flexibility index (Phi) is 5.40. The molecule has 0 radical (unpaired) electrons. The number of aryl methyl sites for hydroxylation is 1. The Balaban J connectivity index is 1.66. The number of rotatable bonds is 6. The van der Waals surface area contributed by atoms with Crippen LogP contribution in [-0.2, 0) is 20.7 Å². The molecule has 1 unspecified atom stereocenters. The Morgan fingerprint density at radius 3 is 2.78 bits per heavy atom. The van der Waals surface area contributed by atoms with Gasteiger partial charge in [-0.2, -0.15) is 0 Å². The molecule has 1 aliphatic rings. The van der Waals surface area contributed by atoms with E-state index in [0.717, 1.165) is 16.7 Å². The van der Waals surface area contributed by atoms with Gasteiger partial charge in [0.1, 0.15) is 18.4 Å². The number of benzene rings is 2. The summed E-state index contributed by atoms with van der Waals surface area (Å²) in [6.07, 6.45) is 0.220. The van der Waals surface area contributed by atoms with Gasteiger partial charge in [-0.25, -0.2) is 4.79 Å². The minimum absolute atomic E-state index is 0.279. The zero-order chi connectivity index (χ0) is 19.4. The molecule has 2 aromatic carbocycles. The van der Waals surface area contributed by atoms with Gasteiger partial charge in [0, 0.05) is 6.42 Å².